The van der Waals surface area contributed by atoms with Gasteiger partial charge in [0.25, 0.3) is 0 Å². The van der Waals surface area contributed by atoms with Gasteiger partial charge in [-0.2, -0.15) is 0 Å². The highest BCUT2D eigenvalue weighted by Gasteiger charge is 2.20. The minimum Gasteiger partial charge on any atom is -0.466 e. The SMILES string of the molecule is CCCCCC/C=C\CCCCCCCC(=O)OCCCCCCCCCCCCCC/C=C\CCCCCCCCCCCCCC(=O)NC(CO)C(O)CCCCCCCCCCCCCCCCCC. The van der Waals surface area contributed by atoms with E-state index in [4.69, 9.17) is 4.74 Å². The van der Waals surface area contributed by atoms with Crippen LogP contribution in [0.3, 0.4) is 0 Å². The fraction of sp³-hybridized carbons (Fsp3) is 0.910. The van der Waals surface area contributed by atoms with Crippen LogP contribution < -0.4 is 5.32 Å². The zero-order chi connectivity index (χ0) is 52.9. The maximum absolute atomic E-state index is 12.5. The minimum atomic E-state index is -0.664. The summed E-state index contributed by atoms with van der Waals surface area (Å²) in [6.45, 7) is 4.96. The molecule has 0 bridgehead atoms. The van der Waals surface area contributed by atoms with Crippen LogP contribution in [0.25, 0.3) is 0 Å². The normalized spacial score (nSPS) is 12.7. The van der Waals surface area contributed by atoms with E-state index in [-0.39, 0.29) is 18.5 Å². The van der Waals surface area contributed by atoms with Crippen LogP contribution in [0.15, 0.2) is 24.3 Å². The van der Waals surface area contributed by atoms with Gasteiger partial charge in [-0.15, -0.1) is 0 Å². The summed E-state index contributed by atoms with van der Waals surface area (Å²) < 4.78 is 5.48. The van der Waals surface area contributed by atoms with Crippen LogP contribution in [0.4, 0.5) is 0 Å². The Kier molecular flexibility index (Phi) is 61.4. The summed E-state index contributed by atoms with van der Waals surface area (Å²) in [5, 5.41) is 23.3. The molecule has 0 aromatic rings. The molecular weight excluding hydrogens is 899 g/mol. The number of aliphatic hydroxyl groups is 2. The summed E-state index contributed by atoms with van der Waals surface area (Å²) in [6.07, 6.45) is 77.8. The van der Waals surface area contributed by atoms with Crippen LogP contribution in [0.1, 0.15) is 367 Å². The molecule has 6 heteroatoms. The van der Waals surface area contributed by atoms with E-state index in [0.29, 0.717) is 25.9 Å². The third kappa shape index (κ3) is 59.4. The van der Waals surface area contributed by atoms with Gasteiger partial charge in [0.05, 0.1) is 25.4 Å². The molecule has 2 unspecified atom stereocenters. The zero-order valence-electron chi connectivity index (χ0n) is 49.4. The third-order valence-corrected chi connectivity index (χ3v) is 15.5. The van der Waals surface area contributed by atoms with Crippen molar-refractivity contribution in [1.82, 2.24) is 5.32 Å². The lowest BCUT2D eigenvalue weighted by atomic mass is 10.0. The summed E-state index contributed by atoms with van der Waals surface area (Å²) in [4.78, 5) is 24.5. The van der Waals surface area contributed by atoms with Crippen molar-refractivity contribution in [3.8, 4) is 0 Å². The first-order chi connectivity index (χ1) is 36.0. The Bertz CT molecular complexity index is 1140. The van der Waals surface area contributed by atoms with Gasteiger partial charge in [0.2, 0.25) is 5.91 Å². The van der Waals surface area contributed by atoms with Gasteiger partial charge in [0.15, 0.2) is 0 Å². The summed E-state index contributed by atoms with van der Waals surface area (Å²) in [5.74, 6) is -0.0268. The van der Waals surface area contributed by atoms with Crippen LogP contribution in [0.2, 0.25) is 0 Å². The molecule has 0 aliphatic rings. The second-order valence-corrected chi connectivity index (χ2v) is 22.8. The minimum absolute atomic E-state index is 0.00627. The van der Waals surface area contributed by atoms with Crippen molar-refractivity contribution < 1.29 is 24.5 Å². The number of unbranched alkanes of at least 4 members (excludes halogenated alkanes) is 47. The van der Waals surface area contributed by atoms with Crippen LogP contribution in [0.5, 0.6) is 0 Å². The largest absolute Gasteiger partial charge is 0.466 e. The lowest BCUT2D eigenvalue weighted by molar-refractivity contribution is -0.143. The number of allylic oxidation sites excluding steroid dienone is 4. The van der Waals surface area contributed by atoms with Crippen molar-refractivity contribution in [2.24, 2.45) is 0 Å². The molecule has 0 spiro atoms. The van der Waals surface area contributed by atoms with E-state index >= 15 is 0 Å². The molecule has 0 radical (unpaired) electrons. The van der Waals surface area contributed by atoms with Crippen LogP contribution in [0, 0.1) is 0 Å². The van der Waals surface area contributed by atoms with Gasteiger partial charge in [0.1, 0.15) is 0 Å². The van der Waals surface area contributed by atoms with E-state index in [1.54, 1.807) is 0 Å². The first-order valence-electron chi connectivity index (χ1n) is 33.1. The zero-order valence-corrected chi connectivity index (χ0v) is 49.4. The van der Waals surface area contributed by atoms with E-state index in [1.165, 1.54) is 289 Å². The fourth-order valence-electron chi connectivity index (χ4n) is 10.4. The number of rotatable bonds is 62. The molecule has 0 rings (SSSR count). The molecule has 0 saturated heterocycles. The fourth-order valence-corrected chi connectivity index (χ4v) is 10.4. The number of carbonyl (C=O) groups excluding carboxylic acids is 2. The molecule has 0 fully saturated rings. The number of ether oxygens (including phenoxy) is 1. The van der Waals surface area contributed by atoms with Gasteiger partial charge in [-0.1, -0.05) is 301 Å². The number of nitrogens with one attached hydrogen (secondary N) is 1. The standard InChI is InChI=1S/C67H129NO5/c1-3-5-7-9-11-13-15-17-18-32-36-39-43-47-51-55-59-65(70)64(63-69)68-66(71)60-56-52-48-44-40-37-33-30-28-26-24-22-20-19-21-23-25-27-29-31-34-38-42-46-50-54-58-62-73-67(72)61-57-53-49-45-41-35-16-14-12-10-8-6-4-2/h14,16,19-20,64-65,69-70H,3-13,15,17-18,21-63H2,1-2H3,(H,68,71)/b16-14-,20-19-. The van der Waals surface area contributed by atoms with Gasteiger partial charge in [-0.3, -0.25) is 9.59 Å². The van der Waals surface area contributed by atoms with E-state index in [1.807, 2.05) is 0 Å². The van der Waals surface area contributed by atoms with Gasteiger partial charge in [-0.25, -0.2) is 0 Å². The summed E-state index contributed by atoms with van der Waals surface area (Å²) in [6, 6.07) is -0.542. The topological polar surface area (TPSA) is 95.9 Å². The molecule has 0 saturated carbocycles. The highest BCUT2D eigenvalue weighted by atomic mass is 16.5. The number of aliphatic hydroxyl groups excluding tert-OH is 2. The Morgan fingerprint density at radius 2 is 0.644 bits per heavy atom. The van der Waals surface area contributed by atoms with Crippen molar-refractivity contribution in [3.05, 3.63) is 24.3 Å². The van der Waals surface area contributed by atoms with Crippen LogP contribution in [-0.4, -0.2) is 47.4 Å². The second kappa shape index (κ2) is 62.9. The first kappa shape index (κ1) is 71.3. The second-order valence-electron chi connectivity index (χ2n) is 22.8. The number of hydrogen-bond acceptors (Lipinski definition) is 5. The van der Waals surface area contributed by atoms with E-state index < -0.39 is 12.1 Å². The Morgan fingerprint density at radius 3 is 0.986 bits per heavy atom. The number of esters is 1. The Balaban J connectivity index is 3.38. The number of hydrogen-bond donors (Lipinski definition) is 3. The van der Waals surface area contributed by atoms with Crippen molar-refractivity contribution in [2.75, 3.05) is 13.2 Å². The van der Waals surface area contributed by atoms with Crippen LogP contribution >= 0.6 is 0 Å². The highest BCUT2D eigenvalue weighted by molar-refractivity contribution is 5.76. The smallest absolute Gasteiger partial charge is 0.305 e. The Labute approximate surface area is 456 Å². The highest BCUT2D eigenvalue weighted by Crippen LogP contribution is 2.18. The predicted molar refractivity (Wildman–Crippen MR) is 320 cm³/mol. The molecule has 0 aliphatic heterocycles. The summed E-state index contributed by atoms with van der Waals surface area (Å²) >= 11 is 0. The molecular formula is C67H129NO5. The third-order valence-electron chi connectivity index (χ3n) is 15.5. The average Bonchev–Trinajstić information content (AvgIpc) is 3.39. The molecule has 2 atom stereocenters. The molecule has 0 aliphatic carbocycles. The average molecular weight is 1030 g/mol. The molecule has 0 aromatic heterocycles. The van der Waals surface area contributed by atoms with Crippen molar-refractivity contribution >= 4 is 11.9 Å². The molecule has 432 valence electrons. The lowest BCUT2D eigenvalue weighted by Crippen LogP contribution is -2.45. The van der Waals surface area contributed by atoms with Gasteiger partial charge >= 0.3 is 5.97 Å². The van der Waals surface area contributed by atoms with Crippen LogP contribution in [-0.2, 0) is 14.3 Å². The van der Waals surface area contributed by atoms with E-state index in [9.17, 15) is 19.8 Å². The van der Waals surface area contributed by atoms with Crippen molar-refractivity contribution in [1.29, 1.82) is 0 Å². The Morgan fingerprint density at radius 1 is 0.370 bits per heavy atom. The molecule has 6 nitrogen and oxygen atoms in total. The van der Waals surface area contributed by atoms with Crippen molar-refractivity contribution in [3.63, 3.8) is 0 Å². The van der Waals surface area contributed by atoms with Gasteiger partial charge in [0, 0.05) is 12.8 Å². The van der Waals surface area contributed by atoms with E-state index in [0.717, 1.165) is 44.9 Å². The van der Waals surface area contributed by atoms with Gasteiger partial charge in [-0.05, 0) is 77.0 Å². The monoisotopic (exact) mass is 1030 g/mol. The molecule has 3 N–H and O–H groups in total. The summed E-state index contributed by atoms with van der Waals surface area (Å²) in [7, 11) is 0. The Hall–Kier alpha value is -1.66. The molecule has 0 heterocycles. The maximum atomic E-state index is 12.5. The molecule has 1 amide bonds. The first-order valence-corrected chi connectivity index (χ1v) is 33.1. The number of carbonyl (C=O) groups is 2. The molecule has 73 heavy (non-hydrogen) atoms. The predicted octanol–water partition coefficient (Wildman–Crippen LogP) is 21.0. The summed E-state index contributed by atoms with van der Waals surface area (Å²) in [5.41, 5.74) is 0. The quantitative estimate of drug-likeness (QED) is 0.0320. The van der Waals surface area contributed by atoms with E-state index in [2.05, 4.69) is 43.5 Å². The van der Waals surface area contributed by atoms with Gasteiger partial charge < -0.3 is 20.3 Å². The number of amides is 1. The molecule has 0 aromatic carbocycles. The lowest BCUT2D eigenvalue weighted by Gasteiger charge is -2.22. The van der Waals surface area contributed by atoms with Crippen molar-refractivity contribution in [2.45, 2.75) is 379 Å². The maximum Gasteiger partial charge on any atom is 0.305 e.